The number of aromatic nitrogens is 1. The first kappa shape index (κ1) is 28.0. The number of nitrogens with zero attached hydrogens (tertiary/aromatic N) is 3. The molecule has 0 aliphatic carbocycles. The second kappa shape index (κ2) is 12.3. The van der Waals surface area contributed by atoms with Gasteiger partial charge in [0.1, 0.15) is 5.69 Å². The van der Waals surface area contributed by atoms with Gasteiger partial charge in [-0.3, -0.25) is 14.5 Å². The molecule has 4 heterocycles. The van der Waals surface area contributed by atoms with Crippen LogP contribution in [0.25, 0.3) is 0 Å². The van der Waals surface area contributed by atoms with E-state index in [1.165, 1.54) is 11.3 Å². The predicted octanol–water partition coefficient (Wildman–Crippen LogP) is 3.14. The fourth-order valence-corrected chi connectivity index (χ4v) is 6.13. The Morgan fingerprint density at radius 3 is 2.69 bits per heavy atom. The molecule has 3 aliphatic rings. The molecule has 5 rings (SSSR count). The molecule has 0 saturated carbocycles. The maximum Gasteiger partial charge on any atom is 0.275 e. The van der Waals surface area contributed by atoms with Crippen LogP contribution in [0.3, 0.4) is 0 Å². The highest BCUT2D eigenvalue weighted by molar-refractivity contribution is 7.14. The van der Waals surface area contributed by atoms with Crippen LogP contribution in [0.1, 0.15) is 59.5 Å². The zero-order valence-electron chi connectivity index (χ0n) is 23.0. The monoisotopic (exact) mass is 557 g/mol. The average molecular weight is 558 g/mol. The van der Waals surface area contributed by atoms with Crippen LogP contribution in [-0.4, -0.2) is 92.6 Å². The van der Waals surface area contributed by atoms with Crippen molar-refractivity contribution < 1.29 is 23.8 Å². The fourth-order valence-electron chi connectivity index (χ4n) is 5.29. The van der Waals surface area contributed by atoms with Crippen LogP contribution >= 0.6 is 11.3 Å². The molecule has 1 atom stereocenters. The van der Waals surface area contributed by atoms with Crippen molar-refractivity contribution in [2.24, 2.45) is 0 Å². The highest BCUT2D eigenvalue weighted by atomic mass is 32.1. The van der Waals surface area contributed by atoms with Crippen LogP contribution in [-0.2, 0) is 20.8 Å². The van der Waals surface area contributed by atoms with Crippen molar-refractivity contribution in [1.29, 1.82) is 0 Å². The first-order chi connectivity index (χ1) is 18.8. The molecule has 0 spiro atoms. The smallest absolute Gasteiger partial charge is 0.275 e. The van der Waals surface area contributed by atoms with Gasteiger partial charge in [-0.05, 0) is 50.8 Å². The lowest BCUT2D eigenvalue weighted by Gasteiger charge is -2.42. The Bertz CT molecular complexity index is 1160. The molecule has 212 valence electrons. The normalized spacial score (nSPS) is 22.1. The Hall–Kier alpha value is -2.57. The molecule has 3 aliphatic heterocycles. The number of hydrogen-bond donors (Lipinski definition) is 2. The molecule has 10 nitrogen and oxygen atoms in total. The Kier molecular flexibility index (Phi) is 8.82. The van der Waals surface area contributed by atoms with Crippen molar-refractivity contribution in [2.75, 3.05) is 63.4 Å². The largest absolute Gasteiger partial charge is 0.381 e. The molecule has 3 fully saturated rings. The number of thiazole rings is 1. The van der Waals surface area contributed by atoms with Gasteiger partial charge in [0.05, 0.1) is 30.6 Å². The van der Waals surface area contributed by atoms with E-state index in [0.717, 1.165) is 49.6 Å². The fraction of sp³-hybridized carbons (Fsp3) is 0.607. The van der Waals surface area contributed by atoms with Crippen LogP contribution in [0.2, 0.25) is 0 Å². The van der Waals surface area contributed by atoms with Gasteiger partial charge in [-0.15, -0.1) is 11.3 Å². The number of ether oxygens (including phenoxy) is 3. The van der Waals surface area contributed by atoms with Gasteiger partial charge in [-0.25, -0.2) is 4.98 Å². The first-order valence-electron chi connectivity index (χ1n) is 13.7. The van der Waals surface area contributed by atoms with Crippen molar-refractivity contribution in [3.05, 3.63) is 40.4 Å². The van der Waals surface area contributed by atoms with Crippen LogP contribution in [0.4, 0.5) is 10.8 Å². The second-order valence-electron chi connectivity index (χ2n) is 11.1. The van der Waals surface area contributed by atoms with E-state index in [-0.39, 0.29) is 29.5 Å². The number of carbonyl (C=O) groups excluding carboxylic acids is 2. The van der Waals surface area contributed by atoms with E-state index in [1.807, 2.05) is 18.2 Å². The highest BCUT2D eigenvalue weighted by Crippen LogP contribution is 2.28. The molecule has 0 radical (unpaired) electrons. The molecule has 2 amide bonds. The summed E-state index contributed by atoms with van der Waals surface area (Å²) < 4.78 is 16.6. The predicted molar refractivity (Wildman–Crippen MR) is 151 cm³/mol. The van der Waals surface area contributed by atoms with Gasteiger partial charge in [0.25, 0.3) is 11.8 Å². The van der Waals surface area contributed by atoms with Gasteiger partial charge in [-0.2, -0.15) is 0 Å². The summed E-state index contributed by atoms with van der Waals surface area (Å²) in [5.74, 6) is -0.524. The summed E-state index contributed by atoms with van der Waals surface area (Å²) in [5.41, 5.74) is 2.18. The van der Waals surface area contributed by atoms with Crippen molar-refractivity contribution in [3.8, 4) is 0 Å². The molecule has 1 aromatic heterocycles. The van der Waals surface area contributed by atoms with E-state index in [2.05, 4.69) is 39.3 Å². The summed E-state index contributed by atoms with van der Waals surface area (Å²) in [4.78, 5) is 35.8. The number of benzene rings is 1. The topological polar surface area (TPSA) is 105 Å². The number of methoxy groups -OCH3 is 1. The highest BCUT2D eigenvalue weighted by Gasteiger charge is 2.31. The molecule has 11 heteroatoms. The molecular weight excluding hydrogens is 518 g/mol. The number of nitrogens with one attached hydrogen (secondary N) is 2. The molecule has 1 aromatic carbocycles. The molecule has 0 unspecified atom stereocenters. The third kappa shape index (κ3) is 6.78. The van der Waals surface area contributed by atoms with E-state index >= 15 is 0 Å². The third-order valence-electron chi connectivity index (χ3n) is 7.80. The molecule has 39 heavy (non-hydrogen) atoms. The minimum absolute atomic E-state index is 0.0501. The summed E-state index contributed by atoms with van der Waals surface area (Å²) in [6.07, 6.45) is 2.68. The van der Waals surface area contributed by atoms with E-state index in [4.69, 9.17) is 14.2 Å². The van der Waals surface area contributed by atoms with E-state index in [9.17, 15) is 9.59 Å². The number of anilines is 2. The van der Waals surface area contributed by atoms with Gasteiger partial charge in [0.2, 0.25) is 0 Å². The number of morpholine rings is 1. The number of hydrogen-bond acceptors (Lipinski definition) is 9. The minimum Gasteiger partial charge on any atom is -0.381 e. The second-order valence-corrected chi connectivity index (χ2v) is 11.9. The van der Waals surface area contributed by atoms with Crippen LogP contribution in [0.15, 0.2) is 23.6 Å². The van der Waals surface area contributed by atoms with Gasteiger partial charge in [0, 0.05) is 63.5 Å². The van der Waals surface area contributed by atoms with E-state index < -0.39 is 0 Å². The molecule has 3 saturated heterocycles. The SMILES string of the molecule is CO[C@H]1CCN(c2nc(C(=O)Nc3ccc(CN4CCOCC4(C)C)cc3C(=O)NC3CCOCC3)cs2)C1. The van der Waals surface area contributed by atoms with Gasteiger partial charge in [0.15, 0.2) is 5.13 Å². The number of carbonyl (C=O) groups is 2. The lowest BCUT2D eigenvalue weighted by Crippen LogP contribution is -2.52. The van der Waals surface area contributed by atoms with Crippen molar-refractivity contribution in [2.45, 2.75) is 57.3 Å². The lowest BCUT2D eigenvalue weighted by molar-refractivity contribution is -0.0552. The summed E-state index contributed by atoms with van der Waals surface area (Å²) >= 11 is 1.45. The van der Waals surface area contributed by atoms with Crippen LogP contribution in [0, 0.1) is 0 Å². The molecule has 2 N–H and O–H groups in total. The minimum atomic E-state index is -0.331. The lowest BCUT2D eigenvalue weighted by atomic mass is 10.00. The molecule has 2 aromatic rings. The first-order valence-corrected chi connectivity index (χ1v) is 14.6. The molecular formula is C28H39N5O5S. The Balaban J connectivity index is 1.34. The molecule has 0 bridgehead atoms. The van der Waals surface area contributed by atoms with Crippen molar-refractivity contribution >= 4 is 34.0 Å². The van der Waals surface area contributed by atoms with E-state index in [1.54, 1.807) is 12.5 Å². The average Bonchev–Trinajstić information content (AvgIpc) is 3.61. The number of amides is 2. The van der Waals surface area contributed by atoms with Gasteiger partial charge >= 0.3 is 0 Å². The Morgan fingerprint density at radius 2 is 1.95 bits per heavy atom. The maximum absolute atomic E-state index is 13.5. The standard InChI is InChI=1S/C28H39N5O5S/c1-28(2)18-38-13-10-33(28)15-19-4-5-23(22(14-19)25(34)29-20-7-11-37-12-8-20)30-26(35)24-17-39-27(31-24)32-9-6-21(16-32)36-3/h4-5,14,17,20-21H,6-13,15-16,18H2,1-3H3,(H,29,34)(H,30,35)/t21-/m0/s1. The summed E-state index contributed by atoms with van der Waals surface area (Å²) in [5, 5.41) is 8.68. The van der Waals surface area contributed by atoms with Crippen molar-refractivity contribution in [1.82, 2.24) is 15.2 Å². The van der Waals surface area contributed by atoms with Crippen LogP contribution in [0.5, 0.6) is 0 Å². The third-order valence-corrected chi connectivity index (χ3v) is 8.70. The summed E-state index contributed by atoms with van der Waals surface area (Å²) in [7, 11) is 1.72. The zero-order valence-corrected chi connectivity index (χ0v) is 23.8. The van der Waals surface area contributed by atoms with Crippen LogP contribution < -0.4 is 15.5 Å². The Morgan fingerprint density at radius 1 is 1.13 bits per heavy atom. The number of rotatable bonds is 8. The maximum atomic E-state index is 13.5. The quantitative estimate of drug-likeness (QED) is 0.510. The summed E-state index contributed by atoms with van der Waals surface area (Å²) in [6, 6.07) is 5.76. The Labute approximate surface area is 234 Å². The van der Waals surface area contributed by atoms with Gasteiger partial charge < -0.3 is 29.7 Å². The van der Waals surface area contributed by atoms with Crippen molar-refractivity contribution in [3.63, 3.8) is 0 Å². The zero-order chi connectivity index (χ0) is 27.4. The summed E-state index contributed by atoms with van der Waals surface area (Å²) in [6.45, 7) is 10.1. The van der Waals surface area contributed by atoms with E-state index in [0.29, 0.717) is 49.9 Å². The van der Waals surface area contributed by atoms with Gasteiger partial charge in [-0.1, -0.05) is 6.07 Å².